The van der Waals surface area contributed by atoms with E-state index < -0.39 is 0 Å². The van der Waals surface area contributed by atoms with Gasteiger partial charge in [0.1, 0.15) is 0 Å². The van der Waals surface area contributed by atoms with Crippen LogP contribution in [0, 0.1) is 5.92 Å². The molecule has 1 aliphatic heterocycles. The molecule has 0 saturated carbocycles. The Kier molecular flexibility index (Phi) is 4.97. The van der Waals surface area contributed by atoms with Crippen molar-refractivity contribution >= 4 is 16.5 Å². The minimum atomic E-state index is 0.649. The quantitative estimate of drug-likeness (QED) is 0.877. The van der Waals surface area contributed by atoms with Gasteiger partial charge in [-0.2, -0.15) is 0 Å². The molecule has 2 heterocycles. The molecule has 1 aromatic rings. The second kappa shape index (κ2) is 6.50. The maximum Gasteiger partial charge on any atom is 0.185 e. The number of hydrogen-bond donors (Lipinski definition) is 1. The van der Waals surface area contributed by atoms with Crippen molar-refractivity contribution in [1.82, 2.24) is 15.2 Å². The second-order valence-corrected chi connectivity index (χ2v) is 5.99. The third-order valence-corrected chi connectivity index (χ3v) is 4.76. The Morgan fingerprint density at radius 1 is 1.33 bits per heavy atom. The molecule has 2 atom stereocenters. The van der Waals surface area contributed by atoms with E-state index in [0.29, 0.717) is 12.0 Å². The number of thiazole rings is 1. The fourth-order valence-corrected chi connectivity index (χ4v) is 3.24. The topological polar surface area (TPSA) is 31.4 Å². The Morgan fingerprint density at radius 2 is 2.06 bits per heavy atom. The molecule has 0 aliphatic carbocycles. The Bertz CT molecular complexity index is 333. The number of nitrogens with zero attached hydrogens (tertiary/aromatic N) is 3. The van der Waals surface area contributed by atoms with E-state index in [1.54, 1.807) is 11.3 Å². The molecule has 18 heavy (non-hydrogen) atoms. The van der Waals surface area contributed by atoms with Crippen molar-refractivity contribution in [3.8, 4) is 0 Å². The predicted octanol–water partition coefficient (Wildman–Crippen LogP) is 1.51. The molecule has 0 bridgehead atoms. The summed E-state index contributed by atoms with van der Waals surface area (Å²) in [7, 11) is 2.03. The highest BCUT2D eigenvalue weighted by molar-refractivity contribution is 7.13. The second-order valence-electron chi connectivity index (χ2n) is 5.11. The summed E-state index contributed by atoms with van der Waals surface area (Å²) >= 11 is 1.74. The van der Waals surface area contributed by atoms with Crippen LogP contribution in [0.25, 0.3) is 0 Å². The Balaban J connectivity index is 1.83. The first-order valence-electron chi connectivity index (χ1n) is 6.75. The van der Waals surface area contributed by atoms with Crippen LogP contribution in [0.2, 0.25) is 0 Å². The minimum Gasteiger partial charge on any atom is -0.346 e. The molecule has 1 aliphatic rings. The summed E-state index contributed by atoms with van der Waals surface area (Å²) in [6, 6.07) is 0.649. The van der Waals surface area contributed by atoms with Gasteiger partial charge in [-0.05, 0) is 26.4 Å². The maximum atomic E-state index is 4.39. The summed E-state index contributed by atoms with van der Waals surface area (Å²) in [6.07, 6.45) is 1.89. The normalized spacial score (nSPS) is 20.9. The lowest BCUT2D eigenvalue weighted by Crippen LogP contribution is -2.52. The van der Waals surface area contributed by atoms with Gasteiger partial charge in [0.25, 0.3) is 0 Å². The van der Waals surface area contributed by atoms with Crippen molar-refractivity contribution in [2.24, 2.45) is 5.92 Å². The van der Waals surface area contributed by atoms with E-state index in [1.807, 2.05) is 13.2 Å². The maximum absolute atomic E-state index is 4.39. The fourth-order valence-electron chi connectivity index (χ4n) is 2.54. The molecular weight excluding hydrogens is 244 g/mol. The molecule has 1 aromatic heterocycles. The third-order valence-electron chi connectivity index (χ3n) is 3.93. The van der Waals surface area contributed by atoms with Crippen molar-refractivity contribution < 1.29 is 0 Å². The van der Waals surface area contributed by atoms with E-state index in [-0.39, 0.29) is 0 Å². The van der Waals surface area contributed by atoms with Crippen LogP contribution >= 0.6 is 11.3 Å². The van der Waals surface area contributed by atoms with E-state index in [1.165, 1.54) is 5.13 Å². The largest absolute Gasteiger partial charge is 0.346 e. The van der Waals surface area contributed by atoms with Crippen molar-refractivity contribution in [1.29, 1.82) is 0 Å². The molecule has 2 rings (SSSR count). The summed E-state index contributed by atoms with van der Waals surface area (Å²) in [5.41, 5.74) is 0. The molecule has 1 saturated heterocycles. The molecule has 5 heteroatoms. The van der Waals surface area contributed by atoms with Gasteiger partial charge in [0.2, 0.25) is 0 Å². The Hall–Kier alpha value is -0.650. The molecule has 1 N–H and O–H groups in total. The molecule has 0 aromatic carbocycles. The van der Waals surface area contributed by atoms with E-state index in [4.69, 9.17) is 0 Å². The van der Waals surface area contributed by atoms with Crippen molar-refractivity contribution in [2.45, 2.75) is 19.9 Å². The van der Waals surface area contributed by atoms with Gasteiger partial charge in [0, 0.05) is 43.8 Å². The first kappa shape index (κ1) is 13.8. The van der Waals surface area contributed by atoms with E-state index in [9.17, 15) is 0 Å². The molecule has 4 nitrogen and oxygen atoms in total. The van der Waals surface area contributed by atoms with Crippen LogP contribution in [0.3, 0.4) is 0 Å². The van der Waals surface area contributed by atoms with Crippen LogP contribution in [-0.4, -0.2) is 55.7 Å². The number of hydrogen-bond acceptors (Lipinski definition) is 5. The molecule has 0 radical (unpaired) electrons. The average molecular weight is 268 g/mol. The van der Waals surface area contributed by atoms with E-state index in [2.05, 4.69) is 39.3 Å². The van der Waals surface area contributed by atoms with E-state index >= 15 is 0 Å². The van der Waals surface area contributed by atoms with Gasteiger partial charge in [-0.15, -0.1) is 11.3 Å². The molecule has 0 amide bonds. The SMILES string of the molecule is CNCC(C)C(C)N1CCN(c2nccs2)CC1. The minimum absolute atomic E-state index is 0.649. The molecule has 0 spiro atoms. The third kappa shape index (κ3) is 3.22. The standard InChI is InChI=1S/C13H24N4S/c1-11(10-14-3)12(2)16-5-7-17(8-6-16)13-15-4-9-18-13/h4,9,11-12,14H,5-8,10H2,1-3H3. The number of rotatable bonds is 5. The van der Waals surface area contributed by atoms with Crippen LogP contribution in [0.5, 0.6) is 0 Å². The predicted molar refractivity (Wildman–Crippen MR) is 78.5 cm³/mol. The fraction of sp³-hybridized carbons (Fsp3) is 0.769. The first-order chi connectivity index (χ1) is 8.72. The Morgan fingerprint density at radius 3 is 2.61 bits per heavy atom. The van der Waals surface area contributed by atoms with Gasteiger partial charge < -0.3 is 10.2 Å². The van der Waals surface area contributed by atoms with Gasteiger partial charge >= 0.3 is 0 Å². The number of nitrogens with one attached hydrogen (secondary N) is 1. The Labute approximate surface area is 114 Å². The summed E-state index contributed by atoms with van der Waals surface area (Å²) in [5.74, 6) is 0.696. The van der Waals surface area contributed by atoms with Crippen molar-refractivity contribution in [2.75, 3.05) is 44.7 Å². The average Bonchev–Trinajstić information content (AvgIpc) is 2.92. The highest BCUT2D eigenvalue weighted by atomic mass is 32.1. The first-order valence-corrected chi connectivity index (χ1v) is 7.63. The van der Waals surface area contributed by atoms with Gasteiger partial charge in [-0.3, -0.25) is 4.90 Å². The zero-order chi connectivity index (χ0) is 13.0. The number of aromatic nitrogens is 1. The van der Waals surface area contributed by atoms with E-state index in [0.717, 1.165) is 32.7 Å². The zero-order valence-electron chi connectivity index (χ0n) is 11.6. The van der Waals surface area contributed by atoms with Crippen LogP contribution in [0.1, 0.15) is 13.8 Å². The van der Waals surface area contributed by atoms with Crippen LogP contribution in [0.15, 0.2) is 11.6 Å². The molecule has 1 fully saturated rings. The summed E-state index contributed by atoms with van der Waals surface area (Å²) in [6.45, 7) is 10.3. The molecule has 102 valence electrons. The zero-order valence-corrected chi connectivity index (χ0v) is 12.4. The van der Waals surface area contributed by atoms with Gasteiger partial charge in [0.05, 0.1) is 0 Å². The van der Waals surface area contributed by atoms with Crippen LogP contribution in [-0.2, 0) is 0 Å². The smallest absolute Gasteiger partial charge is 0.185 e. The summed E-state index contributed by atoms with van der Waals surface area (Å²) < 4.78 is 0. The monoisotopic (exact) mass is 268 g/mol. The van der Waals surface area contributed by atoms with Gasteiger partial charge in [0.15, 0.2) is 5.13 Å². The van der Waals surface area contributed by atoms with Crippen molar-refractivity contribution in [3.05, 3.63) is 11.6 Å². The van der Waals surface area contributed by atoms with Gasteiger partial charge in [-0.25, -0.2) is 4.98 Å². The summed E-state index contributed by atoms with van der Waals surface area (Å²) in [5, 5.41) is 6.50. The van der Waals surface area contributed by atoms with Crippen LogP contribution in [0.4, 0.5) is 5.13 Å². The van der Waals surface area contributed by atoms with Crippen molar-refractivity contribution in [3.63, 3.8) is 0 Å². The number of piperazine rings is 1. The molecular formula is C13H24N4S. The molecule has 2 unspecified atom stereocenters. The van der Waals surface area contributed by atoms with Gasteiger partial charge in [-0.1, -0.05) is 6.92 Å². The summed E-state index contributed by atoms with van der Waals surface area (Å²) in [4.78, 5) is 9.39. The lowest BCUT2D eigenvalue weighted by atomic mass is 10.0. The van der Waals surface area contributed by atoms with Crippen LogP contribution < -0.4 is 10.2 Å². The lowest BCUT2D eigenvalue weighted by Gasteiger charge is -2.40. The number of anilines is 1. The lowest BCUT2D eigenvalue weighted by molar-refractivity contribution is 0.152. The highest BCUT2D eigenvalue weighted by Gasteiger charge is 2.24. The highest BCUT2D eigenvalue weighted by Crippen LogP contribution is 2.20.